The van der Waals surface area contributed by atoms with E-state index in [9.17, 15) is 0 Å². The molecule has 0 aliphatic rings. The van der Waals surface area contributed by atoms with Crippen LogP contribution in [0.25, 0.3) is 0 Å². The molecule has 1 N–H and O–H groups in total. The van der Waals surface area contributed by atoms with Crippen LogP contribution >= 0.6 is 23.2 Å². The Morgan fingerprint density at radius 1 is 0.941 bits per heavy atom. The van der Waals surface area contributed by atoms with Gasteiger partial charge in [-0.2, -0.15) is 5.26 Å². The van der Waals surface area contributed by atoms with Crippen LogP contribution in [0, 0.1) is 11.3 Å². The predicted octanol–water partition coefficient (Wildman–Crippen LogP) is 4.61. The number of anilines is 2. The van der Waals surface area contributed by atoms with E-state index >= 15 is 0 Å². The Labute approximate surface area is 109 Å². The molecule has 2 rings (SSSR count). The van der Waals surface area contributed by atoms with Gasteiger partial charge in [0.05, 0.1) is 33.1 Å². The second kappa shape index (κ2) is 5.09. The minimum absolute atomic E-state index is 0.490. The lowest BCUT2D eigenvalue weighted by Crippen LogP contribution is -1.92. The minimum atomic E-state index is 0.490. The van der Waals surface area contributed by atoms with Gasteiger partial charge >= 0.3 is 0 Å². The number of nitrogens with zero attached hydrogens (tertiary/aromatic N) is 1. The quantitative estimate of drug-likeness (QED) is 0.858. The third-order valence-corrected chi connectivity index (χ3v) is 2.88. The van der Waals surface area contributed by atoms with E-state index in [2.05, 4.69) is 5.32 Å². The van der Waals surface area contributed by atoms with Crippen LogP contribution < -0.4 is 5.32 Å². The van der Waals surface area contributed by atoms with Gasteiger partial charge in [-0.05, 0) is 30.3 Å². The van der Waals surface area contributed by atoms with Crippen LogP contribution in [0.3, 0.4) is 0 Å². The third-order valence-electron chi connectivity index (χ3n) is 2.24. The molecule has 0 fully saturated rings. The standard InChI is InChI=1S/C13H8Cl2N2/c14-10-3-1-2-4-12(10)17-13-6-5-9(8-16)7-11(13)15/h1-7,17H. The van der Waals surface area contributed by atoms with E-state index in [1.807, 2.05) is 24.3 Å². The molecule has 2 aromatic rings. The highest BCUT2D eigenvalue weighted by molar-refractivity contribution is 6.34. The molecule has 0 unspecified atom stereocenters. The smallest absolute Gasteiger partial charge is 0.0992 e. The molecule has 0 aliphatic carbocycles. The van der Waals surface area contributed by atoms with Gasteiger partial charge in [0.15, 0.2) is 0 Å². The Morgan fingerprint density at radius 3 is 2.29 bits per heavy atom. The van der Waals surface area contributed by atoms with E-state index in [1.165, 1.54) is 0 Å². The highest BCUT2D eigenvalue weighted by Crippen LogP contribution is 2.29. The number of benzene rings is 2. The van der Waals surface area contributed by atoms with Gasteiger partial charge in [-0.1, -0.05) is 35.3 Å². The number of nitrogens with one attached hydrogen (secondary N) is 1. The molecule has 84 valence electrons. The second-order valence-electron chi connectivity index (χ2n) is 3.41. The number of rotatable bonds is 2. The van der Waals surface area contributed by atoms with Gasteiger partial charge in [0.1, 0.15) is 0 Å². The van der Waals surface area contributed by atoms with Crippen LogP contribution in [0.5, 0.6) is 0 Å². The van der Waals surface area contributed by atoms with Crippen molar-refractivity contribution in [3.63, 3.8) is 0 Å². The van der Waals surface area contributed by atoms with E-state index in [4.69, 9.17) is 28.5 Å². The van der Waals surface area contributed by atoms with Crippen LogP contribution in [0.15, 0.2) is 42.5 Å². The highest BCUT2D eigenvalue weighted by Gasteiger charge is 2.04. The van der Waals surface area contributed by atoms with Gasteiger partial charge in [-0.3, -0.25) is 0 Å². The molecule has 0 amide bonds. The Morgan fingerprint density at radius 2 is 1.65 bits per heavy atom. The van der Waals surface area contributed by atoms with Crippen molar-refractivity contribution < 1.29 is 0 Å². The summed E-state index contributed by atoms with van der Waals surface area (Å²) < 4.78 is 0. The third kappa shape index (κ3) is 2.71. The van der Waals surface area contributed by atoms with Gasteiger partial charge in [0.25, 0.3) is 0 Å². The maximum atomic E-state index is 8.74. The highest BCUT2D eigenvalue weighted by atomic mass is 35.5. The maximum Gasteiger partial charge on any atom is 0.0992 e. The summed E-state index contributed by atoms with van der Waals surface area (Å²) in [5.41, 5.74) is 2.03. The summed E-state index contributed by atoms with van der Waals surface area (Å²) in [5, 5.41) is 13.0. The van der Waals surface area contributed by atoms with Gasteiger partial charge < -0.3 is 5.32 Å². The first-order valence-corrected chi connectivity index (χ1v) is 5.67. The molecule has 0 saturated carbocycles. The molecule has 0 bridgehead atoms. The van der Waals surface area contributed by atoms with Crippen LogP contribution in [0.4, 0.5) is 11.4 Å². The first kappa shape index (κ1) is 11.8. The lowest BCUT2D eigenvalue weighted by Gasteiger charge is -2.09. The molecule has 0 saturated heterocycles. The fourth-order valence-electron chi connectivity index (χ4n) is 1.39. The Bertz CT molecular complexity index is 588. The van der Waals surface area contributed by atoms with Crippen molar-refractivity contribution in [1.29, 1.82) is 5.26 Å². The van der Waals surface area contributed by atoms with Crippen molar-refractivity contribution in [3.8, 4) is 6.07 Å². The average Bonchev–Trinajstić information content (AvgIpc) is 2.34. The number of para-hydroxylation sites is 1. The Balaban J connectivity index is 2.32. The Hall–Kier alpha value is -1.69. The number of hydrogen-bond donors (Lipinski definition) is 1. The SMILES string of the molecule is N#Cc1ccc(Nc2ccccc2Cl)c(Cl)c1. The van der Waals surface area contributed by atoms with Crippen molar-refractivity contribution in [3.05, 3.63) is 58.1 Å². The van der Waals surface area contributed by atoms with Crippen molar-refractivity contribution >= 4 is 34.6 Å². The van der Waals surface area contributed by atoms with E-state index < -0.39 is 0 Å². The number of hydrogen-bond acceptors (Lipinski definition) is 2. The molecular weight excluding hydrogens is 255 g/mol. The van der Waals surface area contributed by atoms with Gasteiger partial charge in [0.2, 0.25) is 0 Å². The predicted molar refractivity (Wildman–Crippen MR) is 70.9 cm³/mol. The molecule has 0 aliphatic heterocycles. The van der Waals surface area contributed by atoms with Crippen LogP contribution in [-0.2, 0) is 0 Å². The average molecular weight is 263 g/mol. The fraction of sp³-hybridized carbons (Fsp3) is 0. The lowest BCUT2D eigenvalue weighted by molar-refractivity contribution is 1.47. The minimum Gasteiger partial charge on any atom is -0.353 e. The van der Waals surface area contributed by atoms with Gasteiger partial charge in [0, 0.05) is 0 Å². The molecule has 2 nitrogen and oxygen atoms in total. The lowest BCUT2D eigenvalue weighted by atomic mass is 10.2. The first-order chi connectivity index (χ1) is 8.20. The van der Waals surface area contributed by atoms with Crippen molar-refractivity contribution in [1.82, 2.24) is 0 Å². The van der Waals surface area contributed by atoms with E-state index in [-0.39, 0.29) is 0 Å². The van der Waals surface area contributed by atoms with Gasteiger partial charge in [-0.25, -0.2) is 0 Å². The first-order valence-electron chi connectivity index (χ1n) is 4.92. The summed E-state index contributed by atoms with van der Waals surface area (Å²) in [7, 11) is 0. The van der Waals surface area contributed by atoms with E-state index in [0.717, 1.165) is 11.4 Å². The number of halogens is 2. The zero-order valence-electron chi connectivity index (χ0n) is 8.74. The fourth-order valence-corrected chi connectivity index (χ4v) is 1.80. The monoisotopic (exact) mass is 262 g/mol. The summed E-state index contributed by atoms with van der Waals surface area (Å²) >= 11 is 12.1. The van der Waals surface area contributed by atoms with Crippen molar-refractivity contribution in [2.75, 3.05) is 5.32 Å². The number of nitriles is 1. The maximum absolute atomic E-state index is 8.74. The molecule has 4 heteroatoms. The molecule has 0 aromatic heterocycles. The molecule has 2 aromatic carbocycles. The molecular formula is C13H8Cl2N2. The summed E-state index contributed by atoms with van der Waals surface area (Å²) in [6.07, 6.45) is 0. The molecule has 0 radical (unpaired) electrons. The molecule has 17 heavy (non-hydrogen) atoms. The van der Waals surface area contributed by atoms with Crippen LogP contribution in [0.2, 0.25) is 10.0 Å². The van der Waals surface area contributed by atoms with E-state index in [0.29, 0.717) is 15.6 Å². The molecule has 0 heterocycles. The zero-order chi connectivity index (χ0) is 12.3. The second-order valence-corrected chi connectivity index (χ2v) is 4.23. The molecule has 0 spiro atoms. The topological polar surface area (TPSA) is 35.8 Å². The molecule has 0 atom stereocenters. The summed E-state index contributed by atoms with van der Waals surface area (Å²) in [5.74, 6) is 0. The largest absolute Gasteiger partial charge is 0.353 e. The normalized spacial score (nSPS) is 9.71. The summed E-state index contributed by atoms with van der Waals surface area (Å²) in [6.45, 7) is 0. The van der Waals surface area contributed by atoms with E-state index in [1.54, 1.807) is 24.3 Å². The summed E-state index contributed by atoms with van der Waals surface area (Å²) in [6, 6.07) is 14.5. The van der Waals surface area contributed by atoms with Crippen molar-refractivity contribution in [2.45, 2.75) is 0 Å². The van der Waals surface area contributed by atoms with Gasteiger partial charge in [-0.15, -0.1) is 0 Å². The van der Waals surface area contributed by atoms with Crippen molar-refractivity contribution in [2.24, 2.45) is 0 Å². The summed E-state index contributed by atoms with van der Waals surface area (Å²) in [4.78, 5) is 0. The van der Waals surface area contributed by atoms with Crippen LogP contribution in [-0.4, -0.2) is 0 Å². The Kier molecular flexibility index (Phi) is 3.53. The van der Waals surface area contributed by atoms with Crippen LogP contribution in [0.1, 0.15) is 5.56 Å². The zero-order valence-corrected chi connectivity index (χ0v) is 10.3.